The number of allylic oxidation sites excluding steroid dienone is 1. The Kier molecular flexibility index (Phi) is 5.00. The van der Waals surface area contributed by atoms with Crippen molar-refractivity contribution >= 4 is 0 Å². The zero-order valence-corrected chi connectivity index (χ0v) is 11.7. The van der Waals surface area contributed by atoms with Crippen LogP contribution in [-0.4, -0.2) is 12.6 Å². The second-order valence-corrected chi connectivity index (χ2v) is 5.41. The third kappa shape index (κ3) is 4.66. The molecule has 1 heteroatoms. The van der Waals surface area contributed by atoms with Crippen molar-refractivity contribution in [1.82, 2.24) is 5.32 Å². The summed E-state index contributed by atoms with van der Waals surface area (Å²) in [5, 5.41) is 3.55. The van der Waals surface area contributed by atoms with E-state index >= 15 is 0 Å². The molecular formula is C17H25N. The molecule has 1 N–H and O–H groups in total. The SMILES string of the molecule is CCc1ccc(CC(C)=CCCNC2CC2)cc1. The molecule has 0 amide bonds. The lowest BCUT2D eigenvalue weighted by Gasteiger charge is -2.04. The van der Waals surface area contributed by atoms with Gasteiger partial charge in [0.05, 0.1) is 0 Å². The van der Waals surface area contributed by atoms with E-state index in [0.717, 1.165) is 31.8 Å². The monoisotopic (exact) mass is 243 g/mol. The van der Waals surface area contributed by atoms with E-state index in [2.05, 4.69) is 49.5 Å². The van der Waals surface area contributed by atoms with E-state index < -0.39 is 0 Å². The summed E-state index contributed by atoms with van der Waals surface area (Å²) < 4.78 is 0. The van der Waals surface area contributed by atoms with Gasteiger partial charge in [-0.25, -0.2) is 0 Å². The fourth-order valence-corrected chi connectivity index (χ4v) is 2.18. The summed E-state index contributed by atoms with van der Waals surface area (Å²) >= 11 is 0. The van der Waals surface area contributed by atoms with E-state index in [1.54, 1.807) is 0 Å². The quantitative estimate of drug-likeness (QED) is 0.566. The van der Waals surface area contributed by atoms with E-state index in [1.165, 1.54) is 29.5 Å². The highest BCUT2D eigenvalue weighted by molar-refractivity contribution is 5.25. The van der Waals surface area contributed by atoms with Crippen molar-refractivity contribution in [3.8, 4) is 0 Å². The minimum Gasteiger partial charge on any atom is -0.314 e. The van der Waals surface area contributed by atoms with E-state index in [-0.39, 0.29) is 0 Å². The van der Waals surface area contributed by atoms with Crippen LogP contribution < -0.4 is 5.32 Å². The smallest absolute Gasteiger partial charge is 0.00683 e. The van der Waals surface area contributed by atoms with Crippen molar-refractivity contribution in [1.29, 1.82) is 0 Å². The van der Waals surface area contributed by atoms with Crippen LogP contribution in [0, 0.1) is 0 Å². The molecule has 0 heterocycles. The van der Waals surface area contributed by atoms with Gasteiger partial charge in [0.2, 0.25) is 0 Å². The minimum atomic E-state index is 0.834. The molecule has 0 spiro atoms. The Labute approximate surface area is 111 Å². The number of benzene rings is 1. The standard InChI is InChI=1S/C17H25N/c1-3-15-6-8-16(9-7-15)13-14(2)5-4-12-18-17-10-11-17/h5-9,17-18H,3-4,10-13H2,1-2H3. The molecule has 18 heavy (non-hydrogen) atoms. The highest BCUT2D eigenvalue weighted by Crippen LogP contribution is 2.18. The fraction of sp³-hybridized carbons (Fsp3) is 0.529. The van der Waals surface area contributed by atoms with Crippen LogP contribution in [0.3, 0.4) is 0 Å². The molecular weight excluding hydrogens is 218 g/mol. The summed E-state index contributed by atoms with van der Waals surface area (Å²) in [6.07, 6.45) is 8.52. The van der Waals surface area contributed by atoms with Gasteiger partial charge in [-0.2, -0.15) is 0 Å². The van der Waals surface area contributed by atoms with E-state index in [4.69, 9.17) is 0 Å². The third-order valence-corrected chi connectivity index (χ3v) is 3.56. The molecule has 1 fully saturated rings. The van der Waals surface area contributed by atoms with E-state index in [0.29, 0.717) is 0 Å². The topological polar surface area (TPSA) is 12.0 Å². The van der Waals surface area contributed by atoms with Crippen LogP contribution in [0.2, 0.25) is 0 Å². The van der Waals surface area contributed by atoms with Gasteiger partial charge in [0.15, 0.2) is 0 Å². The molecule has 1 aromatic carbocycles. The van der Waals surface area contributed by atoms with Crippen LogP contribution in [0.1, 0.15) is 44.2 Å². The molecule has 1 aliphatic rings. The zero-order valence-electron chi connectivity index (χ0n) is 11.7. The number of hydrogen-bond acceptors (Lipinski definition) is 1. The van der Waals surface area contributed by atoms with Gasteiger partial charge in [-0.1, -0.05) is 42.8 Å². The Hall–Kier alpha value is -1.08. The fourth-order valence-electron chi connectivity index (χ4n) is 2.18. The van der Waals surface area contributed by atoms with Crippen LogP contribution in [0.25, 0.3) is 0 Å². The van der Waals surface area contributed by atoms with Gasteiger partial charge in [0, 0.05) is 6.04 Å². The van der Waals surface area contributed by atoms with Gasteiger partial charge in [0.1, 0.15) is 0 Å². The van der Waals surface area contributed by atoms with Crippen LogP contribution >= 0.6 is 0 Å². The van der Waals surface area contributed by atoms with Crippen molar-refractivity contribution in [2.24, 2.45) is 0 Å². The normalized spacial score (nSPS) is 16.0. The average molecular weight is 243 g/mol. The summed E-state index contributed by atoms with van der Waals surface area (Å²) in [6, 6.07) is 9.85. The second kappa shape index (κ2) is 6.75. The number of nitrogens with one attached hydrogen (secondary N) is 1. The molecule has 1 aliphatic carbocycles. The number of rotatable bonds is 7. The van der Waals surface area contributed by atoms with Crippen molar-refractivity contribution in [2.75, 3.05) is 6.54 Å². The Balaban J connectivity index is 1.73. The van der Waals surface area contributed by atoms with Crippen LogP contribution in [-0.2, 0) is 12.8 Å². The van der Waals surface area contributed by atoms with Gasteiger partial charge >= 0.3 is 0 Å². The Bertz CT molecular complexity index is 385. The lowest BCUT2D eigenvalue weighted by Crippen LogP contribution is -2.16. The van der Waals surface area contributed by atoms with E-state index in [1.807, 2.05) is 0 Å². The molecule has 98 valence electrons. The van der Waals surface area contributed by atoms with Crippen molar-refractivity contribution < 1.29 is 0 Å². The molecule has 1 saturated carbocycles. The summed E-state index contributed by atoms with van der Waals surface area (Å²) in [6.45, 7) is 5.58. The molecule has 1 aromatic rings. The average Bonchev–Trinajstić information content (AvgIpc) is 3.20. The molecule has 0 atom stereocenters. The minimum absolute atomic E-state index is 0.834. The molecule has 0 radical (unpaired) electrons. The molecule has 0 unspecified atom stereocenters. The van der Waals surface area contributed by atoms with Gasteiger partial charge in [0.25, 0.3) is 0 Å². The van der Waals surface area contributed by atoms with Gasteiger partial charge < -0.3 is 5.32 Å². The molecule has 1 nitrogen and oxygen atoms in total. The van der Waals surface area contributed by atoms with Crippen LogP contribution in [0.5, 0.6) is 0 Å². The Morgan fingerprint density at radius 3 is 2.50 bits per heavy atom. The predicted octanol–water partition coefficient (Wildman–Crippen LogP) is 3.88. The Morgan fingerprint density at radius 1 is 1.22 bits per heavy atom. The maximum absolute atomic E-state index is 3.55. The lowest BCUT2D eigenvalue weighted by atomic mass is 10.0. The first-order chi connectivity index (χ1) is 8.78. The van der Waals surface area contributed by atoms with E-state index in [9.17, 15) is 0 Å². The summed E-state index contributed by atoms with van der Waals surface area (Å²) in [4.78, 5) is 0. The predicted molar refractivity (Wildman–Crippen MR) is 78.9 cm³/mol. The number of aryl methyl sites for hydroxylation is 1. The first-order valence-electron chi connectivity index (χ1n) is 7.24. The zero-order chi connectivity index (χ0) is 12.8. The van der Waals surface area contributed by atoms with Gasteiger partial charge in [-0.3, -0.25) is 0 Å². The molecule has 0 aliphatic heterocycles. The Morgan fingerprint density at radius 2 is 1.89 bits per heavy atom. The molecule has 0 bridgehead atoms. The van der Waals surface area contributed by atoms with Crippen molar-refractivity contribution in [3.05, 3.63) is 47.0 Å². The molecule has 0 aromatic heterocycles. The molecule has 0 saturated heterocycles. The summed E-state index contributed by atoms with van der Waals surface area (Å²) in [7, 11) is 0. The van der Waals surface area contributed by atoms with Crippen LogP contribution in [0.4, 0.5) is 0 Å². The lowest BCUT2D eigenvalue weighted by molar-refractivity contribution is 0.688. The first-order valence-corrected chi connectivity index (χ1v) is 7.24. The van der Waals surface area contributed by atoms with Gasteiger partial charge in [-0.05, 0) is 56.7 Å². The summed E-state index contributed by atoms with van der Waals surface area (Å²) in [5.74, 6) is 0. The highest BCUT2D eigenvalue weighted by atomic mass is 14.9. The first kappa shape index (κ1) is 13.4. The third-order valence-electron chi connectivity index (χ3n) is 3.56. The maximum atomic E-state index is 3.55. The second-order valence-electron chi connectivity index (χ2n) is 5.41. The van der Waals surface area contributed by atoms with Crippen molar-refractivity contribution in [3.63, 3.8) is 0 Å². The number of hydrogen-bond donors (Lipinski definition) is 1. The van der Waals surface area contributed by atoms with Gasteiger partial charge in [-0.15, -0.1) is 0 Å². The summed E-state index contributed by atoms with van der Waals surface area (Å²) in [5.41, 5.74) is 4.34. The van der Waals surface area contributed by atoms with Crippen LogP contribution in [0.15, 0.2) is 35.9 Å². The molecule has 2 rings (SSSR count). The highest BCUT2D eigenvalue weighted by Gasteiger charge is 2.19. The van der Waals surface area contributed by atoms with Crippen molar-refractivity contribution in [2.45, 2.75) is 52.0 Å². The maximum Gasteiger partial charge on any atom is 0.00683 e. The largest absolute Gasteiger partial charge is 0.314 e.